The molecule has 1 saturated heterocycles. The summed E-state index contributed by atoms with van der Waals surface area (Å²) in [4.78, 5) is 18.1. The minimum Gasteiger partial charge on any atom is -0.376 e. The van der Waals surface area contributed by atoms with Gasteiger partial charge in [-0.1, -0.05) is 31.4 Å². The zero-order valence-electron chi connectivity index (χ0n) is 17.2. The van der Waals surface area contributed by atoms with Gasteiger partial charge in [0.25, 0.3) is 5.56 Å². The first kappa shape index (κ1) is 20.4. The number of fused-ring (bicyclic) bond motifs is 1. The number of ether oxygens (including phenoxy) is 1. The lowest BCUT2D eigenvalue weighted by Crippen LogP contribution is -2.48. The fourth-order valence-electron chi connectivity index (χ4n) is 4.53. The summed E-state index contributed by atoms with van der Waals surface area (Å²) in [7, 11) is 0. The van der Waals surface area contributed by atoms with Gasteiger partial charge in [0, 0.05) is 30.3 Å². The van der Waals surface area contributed by atoms with Crippen LogP contribution in [-0.2, 0) is 11.3 Å². The van der Waals surface area contributed by atoms with Crippen LogP contribution in [0.2, 0.25) is 0 Å². The molecule has 2 heterocycles. The molecule has 5 nitrogen and oxygen atoms in total. The van der Waals surface area contributed by atoms with Crippen molar-refractivity contribution in [2.45, 2.75) is 70.6 Å². The predicted molar refractivity (Wildman–Crippen MR) is 121 cm³/mol. The van der Waals surface area contributed by atoms with Gasteiger partial charge in [0.05, 0.1) is 12.6 Å². The molecule has 1 aliphatic carbocycles. The lowest BCUT2D eigenvalue weighted by atomic mass is 9.94. The number of benzene rings is 1. The zero-order valence-corrected chi connectivity index (χ0v) is 18.0. The van der Waals surface area contributed by atoms with Crippen LogP contribution < -0.4 is 10.9 Å². The Morgan fingerprint density at radius 1 is 1.21 bits per heavy atom. The molecule has 0 radical (unpaired) electrons. The van der Waals surface area contributed by atoms with Crippen LogP contribution >= 0.6 is 12.2 Å². The molecule has 4 rings (SSSR count). The van der Waals surface area contributed by atoms with Crippen molar-refractivity contribution >= 4 is 28.2 Å². The minimum absolute atomic E-state index is 0.0224. The maximum Gasteiger partial charge on any atom is 0.253 e. The SMILES string of the molecule is Cc1ccc2cc(CN(C(=S)NC[C@@H]3CCCO3)C3CCCCC3)c(=O)[nH]c2c1. The summed E-state index contributed by atoms with van der Waals surface area (Å²) < 4.78 is 5.73. The highest BCUT2D eigenvalue weighted by atomic mass is 32.1. The van der Waals surface area contributed by atoms with E-state index in [1.54, 1.807) is 0 Å². The zero-order chi connectivity index (χ0) is 20.2. The van der Waals surface area contributed by atoms with Crippen LogP contribution in [0.15, 0.2) is 29.1 Å². The molecule has 1 aliphatic heterocycles. The van der Waals surface area contributed by atoms with E-state index < -0.39 is 0 Å². The summed E-state index contributed by atoms with van der Waals surface area (Å²) in [5.74, 6) is 0. The highest BCUT2D eigenvalue weighted by Crippen LogP contribution is 2.24. The van der Waals surface area contributed by atoms with Crippen LogP contribution in [0.1, 0.15) is 56.1 Å². The summed E-state index contributed by atoms with van der Waals surface area (Å²) in [6.45, 7) is 4.17. The topological polar surface area (TPSA) is 57.4 Å². The maximum absolute atomic E-state index is 12.8. The van der Waals surface area contributed by atoms with Crippen LogP contribution in [0.25, 0.3) is 10.9 Å². The monoisotopic (exact) mass is 413 g/mol. The average molecular weight is 414 g/mol. The maximum atomic E-state index is 12.8. The summed E-state index contributed by atoms with van der Waals surface area (Å²) in [6.07, 6.45) is 8.45. The smallest absolute Gasteiger partial charge is 0.253 e. The number of nitrogens with one attached hydrogen (secondary N) is 2. The summed E-state index contributed by atoms with van der Waals surface area (Å²) in [6, 6.07) is 8.58. The second kappa shape index (κ2) is 9.26. The summed E-state index contributed by atoms with van der Waals surface area (Å²) in [5, 5.41) is 5.23. The number of H-pyrrole nitrogens is 1. The third kappa shape index (κ3) is 4.98. The van der Waals surface area contributed by atoms with Crippen molar-refractivity contribution in [3.05, 3.63) is 45.7 Å². The molecule has 1 aromatic carbocycles. The molecule has 1 saturated carbocycles. The van der Waals surface area contributed by atoms with Crippen molar-refractivity contribution in [1.29, 1.82) is 0 Å². The van der Waals surface area contributed by atoms with Crippen LogP contribution in [0, 0.1) is 6.92 Å². The molecule has 1 atom stereocenters. The normalized spacial score (nSPS) is 20.1. The van der Waals surface area contributed by atoms with Gasteiger partial charge in [-0.3, -0.25) is 4.79 Å². The number of nitrogens with zero attached hydrogens (tertiary/aromatic N) is 1. The lowest BCUT2D eigenvalue weighted by Gasteiger charge is -2.36. The minimum atomic E-state index is -0.0224. The second-order valence-corrected chi connectivity index (χ2v) is 8.84. The third-order valence-corrected chi connectivity index (χ3v) is 6.58. The summed E-state index contributed by atoms with van der Waals surface area (Å²) >= 11 is 5.79. The van der Waals surface area contributed by atoms with Crippen molar-refractivity contribution < 1.29 is 4.74 Å². The van der Waals surface area contributed by atoms with E-state index in [4.69, 9.17) is 17.0 Å². The van der Waals surface area contributed by atoms with Crippen molar-refractivity contribution in [1.82, 2.24) is 15.2 Å². The fraction of sp³-hybridized carbons (Fsp3) is 0.565. The molecule has 1 aromatic heterocycles. The Bertz CT molecular complexity index is 914. The Balaban J connectivity index is 1.54. The molecule has 2 fully saturated rings. The van der Waals surface area contributed by atoms with Crippen LogP contribution in [0.5, 0.6) is 0 Å². The molecule has 0 unspecified atom stereocenters. The molecule has 2 N–H and O–H groups in total. The Morgan fingerprint density at radius 2 is 2.03 bits per heavy atom. The predicted octanol–water partition coefficient (Wildman–Crippen LogP) is 4.02. The van der Waals surface area contributed by atoms with Gasteiger partial charge >= 0.3 is 0 Å². The molecule has 29 heavy (non-hydrogen) atoms. The number of hydrogen-bond donors (Lipinski definition) is 2. The van der Waals surface area contributed by atoms with Gasteiger partial charge < -0.3 is 19.9 Å². The lowest BCUT2D eigenvalue weighted by molar-refractivity contribution is 0.112. The number of aryl methyl sites for hydroxylation is 1. The quantitative estimate of drug-likeness (QED) is 0.725. The summed E-state index contributed by atoms with van der Waals surface area (Å²) in [5.41, 5.74) is 2.78. The van der Waals surface area contributed by atoms with Gasteiger partial charge in [0.15, 0.2) is 5.11 Å². The fourth-order valence-corrected chi connectivity index (χ4v) is 4.83. The van der Waals surface area contributed by atoms with Gasteiger partial charge in [0.2, 0.25) is 0 Å². The number of pyridine rings is 1. The number of hydrogen-bond acceptors (Lipinski definition) is 3. The van der Waals surface area contributed by atoms with E-state index in [1.165, 1.54) is 19.3 Å². The Hall–Kier alpha value is -1.92. The van der Waals surface area contributed by atoms with E-state index >= 15 is 0 Å². The first-order valence-electron chi connectivity index (χ1n) is 10.9. The van der Waals surface area contributed by atoms with Crippen molar-refractivity contribution in [3.8, 4) is 0 Å². The first-order chi connectivity index (χ1) is 14.1. The number of aromatic amines is 1. The molecule has 0 amide bonds. The molecule has 0 bridgehead atoms. The van der Waals surface area contributed by atoms with Crippen LogP contribution in [0.4, 0.5) is 0 Å². The highest BCUT2D eigenvalue weighted by molar-refractivity contribution is 7.80. The third-order valence-electron chi connectivity index (χ3n) is 6.20. The Labute approximate surface area is 177 Å². The van der Waals surface area contributed by atoms with Crippen molar-refractivity contribution in [2.75, 3.05) is 13.2 Å². The van der Waals surface area contributed by atoms with E-state index in [0.717, 1.165) is 66.0 Å². The van der Waals surface area contributed by atoms with E-state index in [1.807, 2.05) is 19.1 Å². The second-order valence-electron chi connectivity index (χ2n) is 8.46. The van der Waals surface area contributed by atoms with Crippen molar-refractivity contribution in [2.24, 2.45) is 0 Å². The van der Waals surface area contributed by atoms with Crippen LogP contribution in [-0.4, -0.2) is 40.3 Å². The van der Waals surface area contributed by atoms with Gasteiger partial charge in [-0.05, 0) is 67.9 Å². The number of thiocarbonyl (C=S) groups is 1. The molecule has 6 heteroatoms. The van der Waals surface area contributed by atoms with E-state index in [9.17, 15) is 4.79 Å². The molecule has 156 valence electrons. The van der Waals surface area contributed by atoms with Gasteiger partial charge in [-0.2, -0.15) is 0 Å². The standard InChI is InChI=1S/C23H31N3O2S/c1-16-9-10-17-13-18(22(27)25-21(17)12-16)15-26(19-6-3-2-4-7-19)23(29)24-14-20-8-5-11-28-20/h9-10,12-13,19-20H,2-8,11,14-15H2,1H3,(H,24,29)(H,25,27)/t20-/m0/s1. The van der Waals surface area contributed by atoms with Gasteiger partial charge in [-0.25, -0.2) is 0 Å². The van der Waals surface area contributed by atoms with Gasteiger partial charge in [0.1, 0.15) is 0 Å². The molecule has 2 aliphatic rings. The molecule has 0 spiro atoms. The van der Waals surface area contributed by atoms with Crippen LogP contribution in [0.3, 0.4) is 0 Å². The highest BCUT2D eigenvalue weighted by Gasteiger charge is 2.25. The first-order valence-corrected chi connectivity index (χ1v) is 11.3. The van der Waals surface area contributed by atoms with Gasteiger partial charge in [-0.15, -0.1) is 0 Å². The Morgan fingerprint density at radius 3 is 2.79 bits per heavy atom. The Kier molecular flexibility index (Phi) is 6.50. The molecular formula is C23H31N3O2S. The van der Waals surface area contributed by atoms with E-state index in [2.05, 4.69) is 27.3 Å². The average Bonchev–Trinajstić information content (AvgIpc) is 3.25. The largest absolute Gasteiger partial charge is 0.376 e. The molecular weight excluding hydrogens is 382 g/mol. The molecule has 2 aromatic rings. The van der Waals surface area contributed by atoms with Crippen molar-refractivity contribution in [3.63, 3.8) is 0 Å². The number of aromatic nitrogens is 1. The van der Waals surface area contributed by atoms with E-state index in [-0.39, 0.29) is 11.7 Å². The van der Waals surface area contributed by atoms with E-state index in [0.29, 0.717) is 12.6 Å². The number of rotatable bonds is 5.